The Morgan fingerprint density at radius 1 is 1.24 bits per heavy atom. The van der Waals surface area contributed by atoms with Crippen molar-refractivity contribution < 1.29 is 19.5 Å². The summed E-state index contributed by atoms with van der Waals surface area (Å²) in [6.07, 6.45) is -1.25. The highest BCUT2D eigenvalue weighted by Crippen LogP contribution is 2.24. The molecule has 21 heavy (non-hydrogen) atoms. The second kappa shape index (κ2) is 5.13. The Morgan fingerprint density at radius 3 is 2.33 bits per heavy atom. The van der Waals surface area contributed by atoms with E-state index in [9.17, 15) is 9.59 Å². The molecule has 1 aromatic rings. The number of aliphatic hydroxyl groups is 1. The Balaban J connectivity index is 1.65. The predicted octanol–water partition coefficient (Wildman–Crippen LogP) is 0.604. The average Bonchev–Trinajstić information content (AvgIpc) is 2.69. The molecule has 8 heteroatoms. The monoisotopic (exact) mass is 290 g/mol. The minimum Gasteiger partial charge on any atom is -0.389 e. The molecule has 0 aromatic heterocycles. The summed E-state index contributed by atoms with van der Waals surface area (Å²) in [6, 6.07) is 6.61. The Kier molecular flexibility index (Phi) is 3.30. The maximum atomic E-state index is 12.2. The lowest BCUT2D eigenvalue weighted by Crippen LogP contribution is -2.47. The molecule has 2 amide bonds. The van der Waals surface area contributed by atoms with Gasteiger partial charge in [0, 0.05) is 5.28 Å². The van der Waals surface area contributed by atoms with Gasteiger partial charge in [0.25, 0.3) is 11.8 Å². The standard InChI is InChI=1S/C13H14N4O4/c1-8(21-15-14-16-6-9(18)7-16)17-12(19)10-4-2-3-5-11(10)13(17)20/h2-5,8-9,18H,6-7H2,1H3. The Morgan fingerprint density at radius 2 is 1.81 bits per heavy atom. The third kappa shape index (κ3) is 2.33. The SMILES string of the molecule is CC(ON=NN1CC(O)C1)N1C(=O)c2ccccc2C1=O. The summed E-state index contributed by atoms with van der Waals surface area (Å²) < 4.78 is 0. The van der Waals surface area contributed by atoms with Gasteiger partial charge in [-0.3, -0.25) is 14.6 Å². The molecule has 0 aliphatic carbocycles. The van der Waals surface area contributed by atoms with Crippen LogP contribution in [0, 0.1) is 0 Å². The van der Waals surface area contributed by atoms with Crippen LogP contribution in [0.25, 0.3) is 0 Å². The van der Waals surface area contributed by atoms with E-state index < -0.39 is 24.1 Å². The summed E-state index contributed by atoms with van der Waals surface area (Å²) in [5, 5.41) is 17.8. The molecule has 0 bridgehead atoms. The zero-order valence-corrected chi connectivity index (χ0v) is 11.3. The first-order chi connectivity index (χ1) is 10.1. The fourth-order valence-corrected chi connectivity index (χ4v) is 2.23. The topological polar surface area (TPSA) is 94.8 Å². The van der Waals surface area contributed by atoms with Crippen molar-refractivity contribution in [3.63, 3.8) is 0 Å². The molecule has 0 spiro atoms. The first-order valence-corrected chi connectivity index (χ1v) is 6.54. The molecule has 8 nitrogen and oxygen atoms in total. The summed E-state index contributed by atoms with van der Waals surface area (Å²) >= 11 is 0. The molecular weight excluding hydrogens is 276 g/mol. The number of aliphatic hydroxyl groups excluding tert-OH is 1. The summed E-state index contributed by atoms with van der Waals surface area (Å²) in [7, 11) is 0. The van der Waals surface area contributed by atoms with Crippen molar-refractivity contribution in [1.82, 2.24) is 9.91 Å². The van der Waals surface area contributed by atoms with Crippen molar-refractivity contribution in [1.29, 1.82) is 0 Å². The van der Waals surface area contributed by atoms with Gasteiger partial charge < -0.3 is 9.94 Å². The molecule has 1 N–H and O–H groups in total. The van der Waals surface area contributed by atoms with Crippen LogP contribution >= 0.6 is 0 Å². The number of amides is 2. The van der Waals surface area contributed by atoms with Gasteiger partial charge in [-0.1, -0.05) is 12.1 Å². The van der Waals surface area contributed by atoms with Crippen molar-refractivity contribution in [2.45, 2.75) is 19.3 Å². The van der Waals surface area contributed by atoms with Crippen LogP contribution in [0.5, 0.6) is 0 Å². The van der Waals surface area contributed by atoms with Crippen LogP contribution in [0.3, 0.4) is 0 Å². The van der Waals surface area contributed by atoms with Crippen LogP contribution in [0.15, 0.2) is 34.8 Å². The molecule has 2 heterocycles. The number of carbonyl (C=O) groups is 2. The number of β-amino-alcohol motifs (C(OH)–C–C–N with tert-alkyl or cyclic N) is 1. The van der Waals surface area contributed by atoms with Crippen molar-refractivity contribution in [3.8, 4) is 0 Å². The molecule has 110 valence electrons. The lowest BCUT2D eigenvalue weighted by atomic mass is 10.1. The third-order valence-electron chi connectivity index (χ3n) is 3.39. The largest absolute Gasteiger partial charge is 0.389 e. The molecule has 2 aliphatic rings. The highest BCUT2D eigenvalue weighted by molar-refractivity contribution is 6.21. The minimum absolute atomic E-state index is 0.362. The fraction of sp³-hybridized carbons (Fsp3) is 0.385. The van der Waals surface area contributed by atoms with E-state index in [0.29, 0.717) is 24.2 Å². The smallest absolute Gasteiger partial charge is 0.264 e. The van der Waals surface area contributed by atoms with Crippen LogP contribution in [0.4, 0.5) is 0 Å². The maximum absolute atomic E-state index is 12.2. The second-order valence-corrected chi connectivity index (χ2v) is 4.93. The van der Waals surface area contributed by atoms with Crippen LogP contribution in [0.1, 0.15) is 27.6 Å². The number of carbonyl (C=O) groups excluding carboxylic acids is 2. The van der Waals surface area contributed by atoms with E-state index in [2.05, 4.69) is 10.5 Å². The van der Waals surface area contributed by atoms with Gasteiger partial charge in [0.1, 0.15) is 0 Å². The van der Waals surface area contributed by atoms with Crippen LogP contribution < -0.4 is 0 Å². The van der Waals surface area contributed by atoms with E-state index in [1.807, 2.05) is 0 Å². The molecule has 3 rings (SSSR count). The van der Waals surface area contributed by atoms with E-state index in [4.69, 9.17) is 9.94 Å². The molecule has 1 atom stereocenters. The first kappa shape index (κ1) is 13.5. The van der Waals surface area contributed by atoms with Crippen molar-refractivity contribution >= 4 is 11.8 Å². The highest BCUT2D eigenvalue weighted by atomic mass is 16.7. The highest BCUT2D eigenvalue weighted by Gasteiger charge is 2.39. The third-order valence-corrected chi connectivity index (χ3v) is 3.39. The number of nitrogens with zero attached hydrogens (tertiary/aromatic N) is 4. The van der Waals surface area contributed by atoms with E-state index in [0.717, 1.165) is 4.90 Å². The number of rotatable bonds is 4. The van der Waals surface area contributed by atoms with Gasteiger partial charge in [-0.05, 0) is 24.3 Å². The lowest BCUT2D eigenvalue weighted by Gasteiger charge is -2.31. The Hall–Kier alpha value is -2.48. The Bertz CT molecular complexity index is 577. The number of imide groups is 1. The normalized spacial score (nSPS) is 19.9. The average molecular weight is 290 g/mol. The number of hydrogen-bond acceptors (Lipinski definition) is 6. The lowest BCUT2D eigenvalue weighted by molar-refractivity contribution is -0.0553. The molecule has 1 aromatic carbocycles. The minimum atomic E-state index is -0.854. The fourth-order valence-electron chi connectivity index (χ4n) is 2.23. The molecule has 2 aliphatic heterocycles. The van der Waals surface area contributed by atoms with Crippen molar-refractivity contribution in [2.24, 2.45) is 10.5 Å². The van der Waals surface area contributed by atoms with Crippen molar-refractivity contribution in [3.05, 3.63) is 35.4 Å². The van der Waals surface area contributed by atoms with Crippen LogP contribution in [-0.2, 0) is 4.84 Å². The first-order valence-electron chi connectivity index (χ1n) is 6.54. The molecule has 0 radical (unpaired) electrons. The predicted molar refractivity (Wildman–Crippen MR) is 69.9 cm³/mol. The summed E-state index contributed by atoms with van der Waals surface area (Å²) in [5.74, 6) is -0.810. The molecular formula is C13H14N4O4. The van der Waals surface area contributed by atoms with Crippen LogP contribution in [0.2, 0.25) is 0 Å². The van der Waals surface area contributed by atoms with Gasteiger partial charge >= 0.3 is 0 Å². The van der Waals surface area contributed by atoms with Crippen LogP contribution in [-0.4, -0.2) is 52.3 Å². The van der Waals surface area contributed by atoms with Gasteiger partial charge in [-0.25, -0.2) is 4.90 Å². The quantitative estimate of drug-likeness (QED) is 0.498. The number of benzene rings is 1. The zero-order chi connectivity index (χ0) is 15.0. The molecule has 1 fully saturated rings. The van der Waals surface area contributed by atoms with E-state index >= 15 is 0 Å². The molecule has 1 saturated heterocycles. The second-order valence-electron chi connectivity index (χ2n) is 4.93. The molecule has 1 unspecified atom stereocenters. The zero-order valence-electron chi connectivity index (χ0n) is 11.3. The number of hydrogen-bond donors (Lipinski definition) is 1. The summed E-state index contributed by atoms with van der Waals surface area (Å²) in [6.45, 7) is 2.34. The molecule has 0 saturated carbocycles. The van der Waals surface area contributed by atoms with Crippen molar-refractivity contribution in [2.75, 3.05) is 13.1 Å². The van der Waals surface area contributed by atoms with Gasteiger partial charge in [-0.2, -0.15) is 0 Å². The van der Waals surface area contributed by atoms with Gasteiger partial charge in [0.15, 0.2) is 0 Å². The summed E-state index contributed by atoms with van der Waals surface area (Å²) in [5.41, 5.74) is 0.724. The van der Waals surface area contributed by atoms with Gasteiger partial charge in [0.2, 0.25) is 6.23 Å². The van der Waals surface area contributed by atoms with Gasteiger partial charge in [-0.15, -0.1) is 0 Å². The Labute approximate surface area is 120 Å². The maximum Gasteiger partial charge on any atom is 0.264 e. The van der Waals surface area contributed by atoms with E-state index in [-0.39, 0.29) is 0 Å². The van der Waals surface area contributed by atoms with E-state index in [1.165, 1.54) is 5.01 Å². The van der Waals surface area contributed by atoms with Gasteiger partial charge in [0.05, 0.1) is 30.3 Å². The van der Waals surface area contributed by atoms with E-state index in [1.54, 1.807) is 31.2 Å². The summed E-state index contributed by atoms with van der Waals surface area (Å²) in [4.78, 5) is 30.4. The number of fused-ring (bicyclic) bond motifs is 1.